The van der Waals surface area contributed by atoms with Crippen molar-refractivity contribution in [2.45, 2.75) is 58.4 Å². The smallest absolute Gasteiger partial charge is 0.244 e. The zero-order chi connectivity index (χ0) is 16.6. The third-order valence-corrected chi connectivity index (χ3v) is 4.61. The predicted octanol–water partition coefficient (Wildman–Crippen LogP) is 3.21. The minimum atomic E-state index is -3.97. The molecule has 0 spiro atoms. The van der Waals surface area contributed by atoms with Gasteiger partial charge in [0.05, 0.1) is 0 Å². The van der Waals surface area contributed by atoms with Crippen molar-refractivity contribution in [3.8, 4) is 0 Å². The van der Waals surface area contributed by atoms with Gasteiger partial charge in [-0.15, -0.1) is 0 Å². The van der Waals surface area contributed by atoms with Crippen molar-refractivity contribution in [2.75, 3.05) is 5.73 Å². The third kappa shape index (κ3) is 4.97. The minimum absolute atomic E-state index is 0.0593. The van der Waals surface area contributed by atoms with Crippen LogP contribution in [0, 0.1) is 18.2 Å². The zero-order valence-electron chi connectivity index (χ0n) is 13.5. The van der Waals surface area contributed by atoms with Gasteiger partial charge in [-0.3, -0.25) is 0 Å². The van der Waals surface area contributed by atoms with Gasteiger partial charge >= 0.3 is 0 Å². The molecular formula is C15H25FN2O2S. The highest BCUT2D eigenvalue weighted by molar-refractivity contribution is 7.89. The van der Waals surface area contributed by atoms with Crippen LogP contribution in [0.4, 0.5) is 10.1 Å². The van der Waals surface area contributed by atoms with Crippen molar-refractivity contribution in [1.82, 2.24) is 4.72 Å². The molecule has 1 rings (SSSR count). The van der Waals surface area contributed by atoms with Crippen molar-refractivity contribution in [1.29, 1.82) is 0 Å². The Hall–Kier alpha value is -1.14. The summed E-state index contributed by atoms with van der Waals surface area (Å²) in [6.45, 7) is 11.1. The lowest BCUT2D eigenvalue weighted by molar-refractivity contribution is 0.269. The second-order valence-electron chi connectivity index (χ2n) is 7.38. The van der Waals surface area contributed by atoms with Crippen molar-refractivity contribution in [3.05, 3.63) is 23.5 Å². The number of hydrogen-bond acceptors (Lipinski definition) is 3. The fraction of sp³-hybridized carbons (Fsp3) is 0.600. The van der Waals surface area contributed by atoms with Crippen LogP contribution in [0.5, 0.6) is 0 Å². The van der Waals surface area contributed by atoms with E-state index in [-0.39, 0.29) is 16.7 Å². The lowest BCUT2D eigenvalue weighted by Crippen LogP contribution is -2.45. The fourth-order valence-corrected chi connectivity index (χ4v) is 4.34. The molecule has 0 fully saturated rings. The Bertz CT molecular complexity index is 632. The van der Waals surface area contributed by atoms with Crippen LogP contribution in [0.25, 0.3) is 0 Å². The van der Waals surface area contributed by atoms with Crippen LogP contribution in [0.3, 0.4) is 0 Å². The van der Waals surface area contributed by atoms with E-state index in [0.29, 0.717) is 6.42 Å². The highest BCUT2D eigenvalue weighted by atomic mass is 32.2. The van der Waals surface area contributed by atoms with E-state index in [9.17, 15) is 12.8 Å². The van der Waals surface area contributed by atoms with Gasteiger partial charge in [0.15, 0.2) is 0 Å². The number of benzene rings is 1. The van der Waals surface area contributed by atoms with E-state index < -0.39 is 26.3 Å². The second-order valence-corrected chi connectivity index (χ2v) is 9.03. The molecule has 0 amide bonds. The third-order valence-electron chi connectivity index (χ3n) is 2.92. The second kappa shape index (κ2) is 5.57. The molecule has 1 aromatic carbocycles. The molecule has 6 heteroatoms. The van der Waals surface area contributed by atoms with E-state index in [2.05, 4.69) is 4.72 Å². The van der Waals surface area contributed by atoms with E-state index >= 15 is 0 Å². The van der Waals surface area contributed by atoms with Crippen LogP contribution in [-0.2, 0) is 10.0 Å². The van der Waals surface area contributed by atoms with Gasteiger partial charge in [-0.25, -0.2) is 17.5 Å². The van der Waals surface area contributed by atoms with Crippen LogP contribution in [-0.4, -0.2) is 14.0 Å². The highest BCUT2D eigenvalue weighted by Crippen LogP contribution is 2.29. The van der Waals surface area contributed by atoms with E-state index in [4.69, 9.17) is 5.73 Å². The molecule has 0 unspecified atom stereocenters. The van der Waals surface area contributed by atoms with E-state index in [1.54, 1.807) is 13.8 Å². The molecule has 4 nitrogen and oxygen atoms in total. The average molecular weight is 316 g/mol. The number of anilines is 1. The minimum Gasteiger partial charge on any atom is -0.399 e. The van der Waals surface area contributed by atoms with Gasteiger partial charge < -0.3 is 5.73 Å². The van der Waals surface area contributed by atoms with Crippen molar-refractivity contribution >= 4 is 15.7 Å². The molecule has 0 aliphatic carbocycles. The number of rotatable bonds is 4. The Morgan fingerprint density at radius 2 is 1.71 bits per heavy atom. The summed E-state index contributed by atoms with van der Waals surface area (Å²) in [5.74, 6) is -0.761. The topological polar surface area (TPSA) is 72.2 Å². The van der Waals surface area contributed by atoms with E-state index in [1.807, 2.05) is 20.8 Å². The maximum absolute atomic E-state index is 14.1. The van der Waals surface area contributed by atoms with Gasteiger partial charge in [0.1, 0.15) is 10.7 Å². The first-order valence-electron chi connectivity index (χ1n) is 6.83. The maximum Gasteiger partial charge on any atom is 0.244 e. The van der Waals surface area contributed by atoms with Gasteiger partial charge in [0.2, 0.25) is 10.0 Å². The molecule has 0 aromatic heterocycles. The van der Waals surface area contributed by atoms with Crippen LogP contribution in [0.2, 0.25) is 0 Å². The monoisotopic (exact) mass is 316 g/mol. The quantitative estimate of drug-likeness (QED) is 0.838. The number of nitrogens with one attached hydrogen (secondary N) is 1. The molecule has 120 valence electrons. The molecule has 0 saturated carbocycles. The van der Waals surface area contributed by atoms with Crippen LogP contribution < -0.4 is 10.5 Å². The summed E-state index contributed by atoms with van der Waals surface area (Å²) in [7, 11) is -3.97. The van der Waals surface area contributed by atoms with Gasteiger partial charge in [-0.1, -0.05) is 20.8 Å². The van der Waals surface area contributed by atoms with Crippen LogP contribution in [0.15, 0.2) is 17.0 Å². The number of halogens is 1. The molecule has 3 N–H and O–H groups in total. The van der Waals surface area contributed by atoms with Crippen molar-refractivity contribution in [3.63, 3.8) is 0 Å². The molecular weight excluding hydrogens is 291 g/mol. The fourth-order valence-electron chi connectivity index (χ4n) is 2.74. The molecule has 0 radical (unpaired) electrons. The zero-order valence-corrected chi connectivity index (χ0v) is 14.4. The molecule has 21 heavy (non-hydrogen) atoms. The normalized spacial score (nSPS) is 13.5. The molecule has 0 aliphatic heterocycles. The van der Waals surface area contributed by atoms with Crippen LogP contribution in [0.1, 0.15) is 46.6 Å². The largest absolute Gasteiger partial charge is 0.399 e. The molecule has 0 heterocycles. The van der Waals surface area contributed by atoms with Gasteiger partial charge in [-0.05, 0) is 50.3 Å². The van der Waals surface area contributed by atoms with Crippen LogP contribution >= 0.6 is 0 Å². The first kappa shape index (κ1) is 17.9. The highest BCUT2D eigenvalue weighted by Gasteiger charge is 2.32. The molecule has 1 aromatic rings. The summed E-state index contributed by atoms with van der Waals surface area (Å²) in [6.07, 6.45) is 0.613. The first-order valence-corrected chi connectivity index (χ1v) is 8.31. The lowest BCUT2D eigenvalue weighted by atomic mass is 9.82. The molecule has 0 aliphatic rings. The maximum atomic E-state index is 14.1. The standard InChI is InChI=1S/C15H25FN2O2S/c1-10-7-11(17)8-12(13(10)16)21(19,20)18-15(5,6)9-14(2,3)4/h7-8,18H,9,17H2,1-6H3. The number of nitrogens with two attached hydrogens (primary N) is 1. The lowest BCUT2D eigenvalue weighted by Gasteiger charge is -2.33. The number of aryl methyl sites for hydroxylation is 1. The van der Waals surface area contributed by atoms with Crippen molar-refractivity contribution in [2.24, 2.45) is 5.41 Å². The Morgan fingerprint density at radius 1 is 1.19 bits per heavy atom. The Balaban J connectivity index is 3.19. The molecule has 0 saturated heterocycles. The summed E-state index contributed by atoms with van der Waals surface area (Å²) < 4.78 is 41.6. The summed E-state index contributed by atoms with van der Waals surface area (Å²) in [5.41, 5.74) is 5.32. The summed E-state index contributed by atoms with van der Waals surface area (Å²) in [4.78, 5) is -0.401. The van der Waals surface area contributed by atoms with Gasteiger partial charge in [0, 0.05) is 11.2 Å². The number of hydrogen-bond donors (Lipinski definition) is 2. The predicted molar refractivity (Wildman–Crippen MR) is 84.0 cm³/mol. The SMILES string of the molecule is Cc1cc(N)cc(S(=O)(=O)NC(C)(C)CC(C)(C)C)c1F. The average Bonchev–Trinajstić information content (AvgIpc) is 2.17. The number of nitrogen functional groups attached to an aromatic ring is 1. The summed E-state index contributed by atoms with van der Waals surface area (Å²) in [6, 6.07) is 2.56. The van der Waals surface area contributed by atoms with E-state index in [1.165, 1.54) is 13.0 Å². The number of sulfonamides is 1. The van der Waals surface area contributed by atoms with Gasteiger partial charge in [0.25, 0.3) is 0 Å². The Morgan fingerprint density at radius 3 is 2.19 bits per heavy atom. The Kier molecular flexibility index (Phi) is 4.75. The molecule has 0 atom stereocenters. The summed E-state index contributed by atoms with van der Waals surface area (Å²) in [5, 5.41) is 0. The van der Waals surface area contributed by atoms with Gasteiger partial charge in [-0.2, -0.15) is 0 Å². The van der Waals surface area contributed by atoms with E-state index in [0.717, 1.165) is 6.07 Å². The molecule has 0 bridgehead atoms. The summed E-state index contributed by atoms with van der Waals surface area (Å²) >= 11 is 0. The van der Waals surface area contributed by atoms with Crippen molar-refractivity contribution < 1.29 is 12.8 Å². The first-order chi connectivity index (χ1) is 9.23. The Labute approximate surface area is 127 Å².